The molecule has 104 valence electrons. The van der Waals surface area contributed by atoms with Gasteiger partial charge in [-0.1, -0.05) is 47.5 Å². The third-order valence-corrected chi connectivity index (χ3v) is 4.62. The minimum absolute atomic E-state index is 0.658. The monoisotopic (exact) mass is 285 g/mol. The highest BCUT2D eigenvalue weighted by atomic mass is 35.5. The summed E-state index contributed by atoms with van der Waals surface area (Å²) in [5, 5.41) is 4.42. The second-order valence-electron chi connectivity index (χ2n) is 5.85. The van der Waals surface area contributed by atoms with Gasteiger partial charge in [-0.15, -0.1) is 0 Å². The Morgan fingerprint density at radius 2 is 1.85 bits per heavy atom. The number of anilines is 1. The second-order valence-corrected chi connectivity index (χ2v) is 6.25. The van der Waals surface area contributed by atoms with Gasteiger partial charge in [0.25, 0.3) is 0 Å². The lowest BCUT2D eigenvalue weighted by Crippen LogP contribution is -2.25. The highest BCUT2D eigenvalue weighted by Gasteiger charge is 2.20. The maximum atomic E-state index is 6.19. The molecule has 1 nitrogen and oxygen atoms in total. The third kappa shape index (κ3) is 2.69. The van der Waals surface area contributed by atoms with E-state index < -0.39 is 0 Å². The van der Waals surface area contributed by atoms with Crippen LogP contribution in [0.5, 0.6) is 0 Å². The van der Waals surface area contributed by atoms with Gasteiger partial charge in [-0.3, -0.25) is 0 Å². The summed E-state index contributed by atoms with van der Waals surface area (Å²) in [5.74, 6) is 0.658. The van der Waals surface area contributed by atoms with Crippen LogP contribution in [0, 0.1) is 19.8 Å². The van der Waals surface area contributed by atoms with E-state index in [2.05, 4.69) is 49.5 Å². The van der Waals surface area contributed by atoms with Crippen LogP contribution >= 0.6 is 11.6 Å². The summed E-state index contributed by atoms with van der Waals surface area (Å²) in [6.45, 7) is 5.26. The molecule has 1 unspecified atom stereocenters. The molecule has 2 heteroatoms. The molecule has 0 saturated carbocycles. The summed E-state index contributed by atoms with van der Waals surface area (Å²) in [4.78, 5) is 0. The van der Waals surface area contributed by atoms with Crippen LogP contribution in [-0.2, 0) is 12.8 Å². The predicted octanol–water partition coefficient (Wildman–Crippen LogP) is 4.78. The first-order valence-electron chi connectivity index (χ1n) is 7.21. The van der Waals surface area contributed by atoms with Gasteiger partial charge in [0.05, 0.1) is 0 Å². The van der Waals surface area contributed by atoms with E-state index in [4.69, 9.17) is 11.6 Å². The zero-order chi connectivity index (χ0) is 14.1. The number of aryl methyl sites for hydroxylation is 1. The van der Waals surface area contributed by atoms with E-state index in [-0.39, 0.29) is 0 Å². The minimum atomic E-state index is 0.658. The van der Waals surface area contributed by atoms with Crippen LogP contribution in [0.1, 0.15) is 22.3 Å². The lowest BCUT2D eigenvalue weighted by molar-refractivity contribution is 0.535. The average molecular weight is 286 g/mol. The normalized spacial score (nSPS) is 17.4. The topological polar surface area (TPSA) is 12.0 Å². The van der Waals surface area contributed by atoms with Crippen LogP contribution in [0.2, 0.25) is 5.02 Å². The van der Waals surface area contributed by atoms with Crippen molar-refractivity contribution in [2.24, 2.45) is 5.92 Å². The van der Waals surface area contributed by atoms with Crippen molar-refractivity contribution in [2.45, 2.75) is 26.7 Å². The molecule has 0 amide bonds. The maximum Gasteiger partial charge on any atom is 0.0455 e. The number of fused-ring (bicyclic) bond motifs is 1. The molecule has 1 aliphatic rings. The van der Waals surface area contributed by atoms with E-state index in [1.165, 1.54) is 27.9 Å². The Morgan fingerprint density at radius 3 is 2.60 bits per heavy atom. The summed E-state index contributed by atoms with van der Waals surface area (Å²) in [6.07, 6.45) is 2.27. The molecule has 0 aromatic heterocycles. The molecule has 1 heterocycles. The molecule has 0 aliphatic carbocycles. The first-order chi connectivity index (χ1) is 9.63. The van der Waals surface area contributed by atoms with Gasteiger partial charge >= 0.3 is 0 Å². The van der Waals surface area contributed by atoms with Gasteiger partial charge in [0.2, 0.25) is 0 Å². The van der Waals surface area contributed by atoms with E-state index in [9.17, 15) is 0 Å². The van der Waals surface area contributed by atoms with Crippen molar-refractivity contribution in [2.75, 3.05) is 11.9 Å². The van der Waals surface area contributed by atoms with Gasteiger partial charge in [0, 0.05) is 17.3 Å². The molecule has 0 fully saturated rings. The summed E-state index contributed by atoms with van der Waals surface area (Å²) in [7, 11) is 0. The van der Waals surface area contributed by atoms with E-state index in [1.54, 1.807) is 0 Å². The van der Waals surface area contributed by atoms with Crippen LogP contribution in [-0.4, -0.2) is 6.54 Å². The van der Waals surface area contributed by atoms with Gasteiger partial charge in [0.15, 0.2) is 0 Å². The SMILES string of the molecule is Cc1ccc(CC2CNc3c(ccc(Cl)c3C)C2)cc1. The van der Waals surface area contributed by atoms with Gasteiger partial charge in [-0.25, -0.2) is 0 Å². The lowest BCUT2D eigenvalue weighted by Gasteiger charge is -2.28. The fourth-order valence-corrected chi connectivity index (χ4v) is 3.15. The molecule has 0 spiro atoms. The largest absolute Gasteiger partial charge is 0.384 e. The second kappa shape index (κ2) is 5.49. The van der Waals surface area contributed by atoms with Crippen molar-refractivity contribution < 1.29 is 0 Å². The number of halogens is 1. The van der Waals surface area contributed by atoms with Crippen LogP contribution in [0.25, 0.3) is 0 Å². The number of nitrogens with one attached hydrogen (secondary N) is 1. The highest BCUT2D eigenvalue weighted by molar-refractivity contribution is 6.31. The van der Waals surface area contributed by atoms with Gasteiger partial charge in [0.1, 0.15) is 0 Å². The molecule has 0 saturated heterocycles. The molecule has 20 heavy (non-hydrogen) atoms. The molecule has 1 N–H and O–H groups in total. The highest BCUT2D eigenvalue weighted by Crippen LogP contribution is 2.33. The molecule has 0 radical (unpaired) electrons. The summed E-state index contributed by atoms with van der Waals surface area (Å²) in [5.41, 5.74) is 6.58. The lowest BCUT2D eigenvalue weighted by atomic mass is 9.87. The maximum absolute atomic E-state index is 6.19. The van der Waals surface area contributed by atoms with Crippen molar-refractivity contribution in [3.05, 3.63) is 63.7 Å². The predicted molar refractivity (Wildman–Crippen MR) is 86.8 cm³/mol. The van der Waals surface area contributed by atoms with Crippen molar-refractivity contribution in [3.8, 4) is 0 Å². The van der Waals surface area contributed by atoms with Gasteiger partial charge < -0.3 is 5.32 Å². The Morgan fingerprint density at radius 1 is 1.10 bits per heavy atom. The Hall–Kier alpha value is -1.47. The molecule has 0 bridgehead atoms. The molecule has 1 atom stereocenters. The van der Waals surface area contributed by atoms with Crippen molar-refractivity contribution in [1.29, 1.82) is 0 Å². The smallest absolute Gasteiger partial charge is 0.0455 e. The van der Waals surface area contributed by atoms with Crippen molar-refractivity contribution in [3.63, 3.8) is 0 Å². The van der Waals surface area contributed by atoms with E-state index in [0.29, 0.717) is 5.92 Å². The fourth-order valence-electron chi connectivity index (χ4n) is 2.99. The van der Waals surface area contributed by atoms with E-state index in [1.807, 2.05) is 6.07 Å². The zero-order valence-corrected chi connectivity index (χ0v) is 12.8. The van der Waals surface area contributed by atoms with Gasteiger partial charge in [-0.05, 0) is 55.4 Å². The molecular formula is C18H20ClN. The Balaban J connectivity index is 1.76. The van der Waals surface area contributed by atoms with E-state index in [0.717, 1.165) is 24.4 Å². The Labute approximate surface area is 126 Å². The van der Waals surface area contributed by atoms with Crippen molar-refractivity contribution >= 4 is 17.3 Å². The standard InChI is InChI=1S/C18H20ClN/c1-12-3-5-14(6-4-12)9-15-10-16-7-8-17(19)13(2)18(16)20-11-15/h3-8,15,20H,9-11H2,1-2H3. The average Bonchev–Trinajstić information content (AvgIpc) is 2.46. The molecule has 2 aromatic carbocycles. The molecule has 3 rings (SSSR count). The summed E-state index contributed by atoms with van der Waals surface area (Å²) < 4.78 is 0. The number of rotatable bonds is 2. The quantitative estimate of drug-likeness (QED) is 0.837. The fraction of sp³-hybridized carbons (Fsp3) is 0.333. The minimum Gasteiger partial charge on any atom is -0.384 e. The summed E-state index contributed by atoms with van der Waals surface area (Å²) >= 11 is 6.19. The summed E-state index contributed by atoms with van der Waals surface area (Å²) in [6, 6.07) is 13.1. The first-order valence-corrected chi connectivity index (χ1v) is 7.58. The van der Waals surface area contributed by atoms with Crippen LogP contribution in [0.15, 0.2) is 36.4 Å². The third-order valence-electron chi connectivity index (χ3n) is 4.21. The Kier molecular flexibility index (Phi) is 3.71. The first kappa shape index (κ1) is 13.5. The van der Waals surface area contributed by atoms with Gasteiger partial charge in [-0.2, -0.15) is 0 Å². The van der Waals surface area contributed by atoms with Crippen LogP contribution < -0.4 is 5.32 Å². The molecule has 2 aromatic rings. The number of hydrogen-bond donors (Lipinski definition) is 1. The zero-order valence-electron chi connectivity index (χ0n) is 12.0. The molecular weight excluding hydrogens is 266 g/mol. The Bertz CT molecular complexity index is 616. The van der Waals surface area contributed by atoms with Crippen LogP contribution in [0.3, 0.4) is 0 Å². The molecule has 1 aliphatic heterocycles. The van der Waals surface area contributed by atoms with Crippen molar-refractivity contribution in [1.82, 2.24) is 0 Å². The number of hydrogen-bond acceptors (Lipinski definition) is 1. The van der Waals surface area contributed by atoms with Crippen LogP contribution in [0.4, 0.5) is 5.69 Å². The van der Waals surface area contributed by atoms with E-state index >= 15 is 0 Å². The number of benzene rings is 2.